The van der Waals surface area contributed by atoms with Crippen LogP contribution in [-0.4, -0.2) is 65.9 Å². The summed E-state index contributed by atoms with van der Waals surface area (Å²) in [7, 11) is 2.18. The Bertz CT molecular complexity index is 1260. The fraction of sp³-hybridized carbons (Fsp3) is 0.562. The number of aldehydes is 1. The number of likely N-dealkylation sites (N-methyl/N-ethyl adjacent to an activating group) is 1. The van der Waals surface area contributed by atoms with Crippen LogP contribution in [0.2, 0.25) is 0 Å². The van der Waals surface area contributed by atoms with Gasteiger partial charge in [0.25, 0.3) is 5.56 Å². The zero-order valence-corrected chi connectivity index (χ0v) is 26.8. The lowest BCUT2D eigenvalue weighted by atomic mass is 9.95. The van der Waals surface area contributed by atoms with Gasteiger partial charge in [0.15, 0.2) is 6.29 Å². The van der Waals surface area contributed by atoms with E-state index in [1.54, 1.807) is 13.8 Å². The number of nitrogens with one attached hydrogen (secondary N) is 1. The van der Waals surface area contributed by atoms with Crippen LogP contribution in [0.25, 0.3) is 10.2 Å². The number of aromatic nitrogens is 2. The largest absolute Gasteiger partial charge is 0.369 e. The molecule has 0 bridgehead atoms. The van der Waals surface area contributed by atoms with Gasteiger partial charge in [0, 0.05) is 37.9 Å². The zero-order chi connectivity index (χ0) is 30.4. The van der Waals surface area contributed by atoms with Crippen LogP contribution in [0.15, 0.2) is 41.5 Å². The van der Waals surface area contributed by atoms with E-state index in [2.05, 4.69) is 57.5 Å². The summed E-state index contributed by atoms with van der Waals surface area (Å²) in [6, 6.07) is 10.2. The Morgan fingerprint density at radius 1 is 1.02 bits per heavy atom. The van der Waals surface area contributed by atoms with Gasteiger partial charge in [-0.15, -0.1) is 11.3 Å². The maximum absolute atomic E-state index is 12.8. The number of anilines is 1. The first-order chi connectivity index (χ1) is 19.9. The number of rotatable bonds is 5. The van der Waals surface area contributed by atoms with Crippen LogP contribution in [0.3, 0.4) is 0 Å². The molecule has 226 valence electrons. The topological polar surface area (TPSA) is 87.5 Å². The van der Waals surface area contributed by atoms with E-state index in [-0.39, 0.29) is 17.5 Å². The Morgan fingerprint density at radius 2 is 1.63 bits per heavy atom. The van der Waals surface area contributed by atoms with Crippen molar-refractivity contribution in [3.05, 3.63) is 57.5 Å². The highest BCUT2D eigenvalue weighted by molar-refractivity contribution is 7.20. The van der Waals surface area contributed by atoms with E-state index in [1.807, 2.05) is 27.7 Å². The van der Waals surface area contributed by atoms with Crippen LogP contribution in [0.4, 0.5) is 5.69 Å². The molecule has 8 nitrogen and oxygen atoms in total. The summed E-state index contributed by atoms with van der Waals surface area (Å²) in [4.78, 5) is 46.4. The molecule has 41 heavy (non-hydrogen) atoms. The fourth-order valence-corrected chi connectivity index (χ4v) is 5.89. The van der Waals surface area contributed by atoms with Gasteiger partial charge in [-0.3, -0.25) is 19.0 Å². The predicted octanol–water partition coefficient (Wildman–Crippen LogP) is 6.08. The Labute approximate surface area is 249 Å². The van der Waals surface area contributed by atoms with Gasteiger partial charge in [0.1, 0.15) is 10.9 Å². The quantitative estimate of drug-likeness (QED) is 0.367. The third-order valence-corrected chi connectivity index (χ3v) is 8.52. The summed E-state index contributed by atoms with van der Waals surface area (Å²) >= 11 is 1.20. The Kier molecular flexibility index (Phi) is 14.8. The lowest BCUT2D eigenvalue weighted by Crippen LogP contribution is -2.44. The minimum Gasteiger partial charge on any atom is -0.369 e. The third-order valence-electron chi connectivity index (χ3n) is 7.39. The molecule has 1 aliphatic heterocycles. The number of carbonyl (C=O) groups excluding carboxylic acids is 2. The van der Waals surface area contributed by atoms with E-state index in [4.69, 9.17) is 0 Å². The van der Waals surface area contributed by atoms with E-state index >= 15 is 0 Å². The van der Waals surface area contributed by atoms with E-state index in [9.17, 15) is 14.4 Å². The lowest BCUT2D eigenvalue weighted by Gasteiger charge is -2.33. The molecule has 9 heteroatoms. The first-order valence-corrected chi connectivity index (χ1v) is 15.9. The molecule has 1 N–H and O–H groups in total. The number of benzene rings is 1. The van der Waals surface area contributed by atoms with Crippen molar-refractivity contribution >= 4 is 39.4 Å². The number of nitrogens with zero attached hydrogens (tertiary/aromatic N) is 4. The maximum Gasteiger partial charge on any atom is 0.263 e. The minimum atomic E-state index is -0.629. The van der Waals surface area contributed by atoms with Crippen LogP contribution in [0, 0.1) is 6.92 Å². The number of fused-ring (bicyclic) bond motifs is 1. The second-order valence-electron chi connectivity index (χ2n) is 9.99. The van der Waals surface area contributed by atoms with Gasteiger partial charge in [-0.1, -0.05) is 65.2 Å². The highest BCUT2D eigenvalue weighted by Crippen LogP contribution is 2.25. The molecule has 1 aliphatic carbocycles. The molecule has 1 amide bonds. The van der Waals surface area contributed by atoms with Gasteiger partial charge >= 0.3 is 0 Å². The van der Waals surface area contributed by atoms with E-state index in [1.165, 1.54) is 47.4 Å². The first-order valence-electron chi connectivity index (χ1n) is 15.1. The first kappa shape index (κ1) is 34.2. The average Bonchev–Trinajstić information content (AvgIpc) is 3.36. The smallest absolute Gasteiger partial charge is 0.263 e. The van der Waals surface area contributed by atoms with Crippen LogP contribution >= 0.6 is 11.3 Å². The zero-order valence-electron chi connectivity index (χ0n) is 26.0. The van der Waals surface area contributed by atoms with Gasteiger partial charge in [0.05, 0.1) is 16.6 Å². The van der Waals surface area contributed by atoms with Crippen molar-refractivity contribution < 1.29 is 9.59 Å². The summed E-state index contributed by atoms with van der Waals surface area (Å²) in [6.07, 6.45) is 7.63. The second kappa shape index (κ2) is 17.7. The van der Waals surface area contributed by atoms with Crippen LogP contribution in [-0.2, 0) is 4.79 Å². The molecular weight excluding hydrogens is 534 g/mol. The molecule has 2 aromatic heterocycles. The van der Waals surface area contributed by atoms with Gasteiger partial charge in [-0.25, -0.2) is 4.98 Å². The van der Waals surface area contributed by atoms with E-state index in [0.717, 1.165) is 45.1 Å². The molecule has 5 rings (SSSR count). The molecular formula is C32H49N5O3S. The molecule has 2 fully saturated rings. The monoisotopic (exact) mass is 583 g/mol. The minimum absolute atomic E-state index is 0.159. The van der Waals surface area contributed by atoms with Gasteiger partial charge in [-0.05, 0) is 51.4 Å². The molecule has 2 aliphatic rings. The number of aryl methyl sites for hydroxylation is 1. The summed E-state index contributed by atoms with van der Waals surface area (Å²) in [6.45, 7) is 16.1. The summed E-state index contributed by atoms with van der Waals surface area (Å²) in [5.41, 5.74) is 1.72. The van der Waals surface area contributed by atoms with Crippen LogP contribution < -0.4 is 15.8 Å². The Balaban J connectivity index is 0.000000291. The maximum atomic E-state index is 12.8. The number of amides is 1. The van der Waals surface area contributed by atoms with E-state index < -0.39 is 6.04 Å². The van der Waals surface area contributed by atoms with Crippen molar-refractivity contribution in [1.29, 1.82) is 0 Å². The Hall–Kier alpha value is -3.04. The molecule has 1 aromatic carbocycles. The number of thiophene rings is 1. The van der Waals surface area contributed by atoms with Gasteiger partial charge in [0.2, 0.25) is 5.91 Å². The standard InChI is InChI=1S/C17H21N3O3S.C11H16N2.2C2H6/c1-10-13(8-21)24-16-14(10)17(23)20(9-18-16)11(2)15(22)19-12-6-4-3-5-7-12;1-12-7-9-13(10-8-12)11-5-3-2-4-6-11;2*1-2/h8-9,11-12H,3-7H2,1-2H3,(H,19,22);2-6H,7-10H2,1H3;2*1-2H3. The normalized spacial score (nSPS) is 16.2. The van der Waals surface area contributed by atoms with Crippen molar-refractivity contribution in [3.63, 3.8) is 0 Å². The lowest BCUT2D eigenvalue weighted by molar-refractivity contribution is -0.124. The highest BCUT2D eigenvalue weighted by atomic mass is 32.1. The van der Waals surface area contributed by atoms with Gasteiger partial charge < -0.3 is 15.1 Å². The van der Waals surface area contributed by atoms with E-state index in [0.29, 0.717) is 20.7 Å². The molecule has 3 aromatic rings. The van der Waals surface area contributed by atoms with Gasteiger partial charge in [-0.2, -0.15) is 0 Å². The molecule has 1 saturated heterocycles. The van der Waals surface area contributed by atoms with Crippen molar-refractivity contribution in [1.82, 2.24) is 19.8 Å². The number of para-hydroxylation sites is 1. The highest BCUT2D eigenvalue weighted by Gasteiger charge is 2.23. The number of piperazine rings is 1. The summed E-state index contributed by atoms with van der Waals surface area (Å²) in [5.74, 6) is -0.159. The molecule has 1 atom stereocenters. The van der Waals surface area contributed by atoms with Crippen LogP contribution in [0.1, 0.15) is 88.0 Å². The van der Waals surface area contributed by atoms with Crippen LogP contribution in [0.5, 0.6) is 0 Å². The average molecular weight is 584 g/mol. The number of carbonyl (C=O) groups is 2. The molecule has 1 unspecified atom stereocenters. The third kappa shape index (κ3) is 9.23. The number of hydrogen-bond acceptors (Lipinski definition) is 7. The van der Waals surface area contributed by atoms with Crippen molar-refractivity contribution in [2.24, 2.45) is 0 Å². The molecule has 0 radical (unpaired) electrons. The Morgan fingerprint density at radius 3 is 2.22 bits per heavy atom. The van der Waals surface area contributed by atoms with Crippen molar-refractivity contribution in [3.8, 4) is 0 Å². The second-order valence-corrected chi connectivity index (χ2v) is 11.0. The number of hydrogen-bond donors (Lipinski definition) is 1. The van der Waals surface area contributed by atoms with Crippen molar-refractivity contribution in [2.45, 2.75) is 85.7 Å². The molecule has 0 spiro atoms. The summed E-state index contributed by atoms with van der Waals surface area (Å²) < 4.78 is 1.36. The predicted molar refractivity (Wildman–Crippen MR) is 173 cm³/mol. The molecule has 1 saturated carbocycles. The fourth-order valence-electron chi connectivity index (χ4n) is 4.94. The molecule has 3 heterocycles. The summed E-state index contributed by atoms with van der Waals surface area (Å²) in [5, 5.41) is 3.48. The van der Waals surface area contributed by atoms with Crippen molar-refractivity contribution in [2.75, 3.05) is 38.1 Å². The SMILES string of the molecule is CC.CC.CN1CCN(c2ccccc2)CC1.Cc1c(C=O)sc2ncn(C(C)C(=O)NC3CCCCC3)c(=O)c12.